The van der Waals surface area contributed by atoms with Gasteiger partial charge < -0.3 is 15.4 Å². The maximum absolute atomic E-state index is 12.4. The van der Waals surface area contributed by atoms with Gasteiger partial charge in [0.15, 0.2) is 0 Å². The van der Waals surface area contributed by atoms with Crippen molar-refractivity contribution in [2.75, 3.05) is 0 Å². The summed E-state index contributed by atoms with van der Waals surface area (Å²) in [4.78, 5) is 31.3. The third kappa shape index (κ3) is 4.21. The number of aryl methyl sites for hydroxylation is 1. The summed E-state index contributed by atoms with van der Waals surface area (Å²) in [6, 6.07) is 14.3. The Hall–Kier alpha value is -3.41. The summed E-state index contributed by atoms with van der Waals surface area (Å²) in [6.45, 7) is 1.79. The minimum absolute atomic E-state index is 0.0630. The minimum Gasteiger partial charge on any atom is -0.508 e. The van der Waals surface area contributed by atoms with E-state index in [4.69, 9.17) is 0 Å². The van der Waals surface area contributed by atoms with Crippen LogP contribution in [-0.4, -0.2) is 27.0 Å². The molecule has 1 amide bonds. The van der Waals surface area contributed by atoms with Gasteiger partial charge in [0.1, 0.15) is 5.75 Å². The number of benzene rings is 2. The molecule has 3 aromatic rings. The number of rotatable bonds is 4. The molecule has 1 aliphatic rings. The zero-order valence-electron chi connectivity index (χ0n) is 16.2. The van der Waals surface area contributed by atoms with Crippen LogP contribution in [0.5, 0.6) is 5.75 Å². The van der Waals surface area contributed by atoms with E-state index in [2.05, 4.69) is 15.3 Å². The Kier molecular flexibility index (Phi) is 5.16. The number of nitrogens with zero attached hydrogens (tertiary/aromatic N) is 1. The molecule has 0 radical (unpaired) electrons. The van der Waals surface area contributed by atoms with Gasteiger partial charge in [-0.15, -0.1) is 0 Å². The largest absolute Gasteiger partial charge is 0.508 e. The van der Waals surface area contributed by atoms with Crippen molar-refractivity contribution >= 4 is 5.91 Å². The van der Waals surface area contributed by atoms with E-state index in [-0.39, 0.29) is 17.7 Å². The molecule has 0 saturated heterocycles. The molecule has 1 heterocycles. The van der Waals surface area contributed by atoms with Gasteiger partial charge in [0.05, 0.1) is 11.4 Å². The van der Waals surface area contributed by atoms with Crippen LogP contribution in [0.15, 0.2) is 53.3 Å². The summed E-state index contributed by atoms with van der Waals surface area (Å²) in [5, 5.41) is 12.8. The van der Waals surface area contributed by atoms with Gasteiger partial charge in [-0.3, -0.25) is 4.79 Å². The molecule has 0 aliphatic heterocycles. The van der Waals surface area contributed by atoms with Gasteiger partial charge in [-0.2, -0.15) is 4.98 Å². The van der Waals surface area contributed by atoms with Crippen LogP contribution in [0, 0.1) is 6.92 Å². The Morgan fingerprint density at radius 2 is 1.76 bits per heavy atom. The molecule has 6 nitrogen and oxygen atoms in total. The van der Waals surface area contributed by atoms with E-state index in [1.165, 1.54) is 12.8 Å². The van der Waals surface area contributed by atoms with E-state index >= 15 is 0 Å². The van der Waals surface area contributed by atoms with Gasteiger partial charge in [-0.25, -0.2) is 4.79 Å². The fourth-order valence-corrected chi connectivity index (χ4v) is 3.72. The van der Waals surface area contributed by atoms with Crippen molar-refractivity contribution < 1.29 is 9.90 Å². The summed E-state index contributed by atoms with van der Waals surface area (Å²) in [7, 11) is 0. The number of hydrogen-bond acceptors (Lipinski definition) is 4. The number of aromatic nitrogens is 2. The molecule has 1 fully saturated rings. The summed E-state index contributed by atoms with van der Waals surface area (Å²) in [6.07, 6.45) is 4.42. The second kappa shape index (κ2) is 7.91. The van der Waals surface area contributed by atoms with Crippen LogP contribution in [-0.2, 0) is 0 Å². The molecule has 3 N–H and O–H groups in total. The van der Waals surface area contributed by atoms with Crippen molar-refractivity contribution in [2.24, 2.45) is 0 Å². The van der Waals surface area contributed by atoms with E-state index in [1.807, 2.05) is 12.1 Å². The fraction of sp³-hybridized carbons (Fsp3) is 0.261. The Morgan fingerprint density at radius 3 is 2.45 bits per heavy atom. The third-order valence-corrected chi connectivity index (χ3v) is 5.39. The van der Waals surface area contributed by atoms with Crippen LogP contribution in [0.3, 0.4) is 0 Å². The molecule has 29 heavy (non-hydrogen) atoms. The Bertz CT molecular complexity index is 1100. The van der Waals surface area contributed by atoms with Gasteiger partial charge in [-0.05, 0) is 67.3 Å². The number of aromatic hydroxyl groups is 1. The first-order valence-electron chi connectivity index (χ1n) is 9.82. The highest BCUT2D eigenvalue weighted by molar-refractivity contribution is 5.94. The van der Waals surface area contributed by atoms with Gasteiger partial charge in [-0.1, -0.05) is 25.0 Å². The van der Waals surface area contributed by atoms with Crippen LogP contribution >= 0.6 is 0 Å². The van der Waals surface area contributed by atoms with Gasteiger partial charge in [0.2, 0.25) is 0 Å². The second-order valence-electron chi connectivity index (χ2n) is 7.52. The van der Waals surface area contributed by atoms with Crippen LogP contribution in [0.25, 0.3) is 22.5 Å². The smallest absolute Gasteiger partial charge is 0.345 e. The second-order valence-corrected chi connectivity index (χ2v) is 7.52. The van der Waals surface area contributed by atoms with Crippen molar-refractivity contribution in [3.8, 4) is 28.3 Å². The number of phenols is 1. The molecular formula is C23H23N3O3. The molecule has 1 aromatic heterocycles. The lowest BCUT2D eigenvalue weighted by atomic mass is 10.0. The monoisotopic (exact) mass is 389 g/mol. The van der Waals surface area contributed by atoms with Crippen LogP contribution in [0.2, 0.25) is 0 Å². The van der Waals surface area contributed by atoms with E-state index in [0.29, 0.717) is 22.5 Å². The van der Waals surface area contributed by atoms with E-state index in [0.717, 1.165) is 24.0 Å². The van der Waals surface area contributed by atoms with Crippen LogP contribution < -0.4 is 11.0 Å². The quantitative estimate of drug-likeness (QED) is 0.633. The van der Waals surface area contributed by atoms with Gasteiger partial charge >= 0.3 is 5.69 Å². The first-order valence-corrected chi connectivity index (χ1v) is 9.82. The van der Waals surface area contributed by atoms with E-state index < -0.39 is 5.69 Å². The third-order valence-electron chi connectivity index (χ3n) is 5.39. The van der Waals surface area contributed by atoms with Crippen molar-refractivity contribution in [1.29, 1.82) is 0 Å². The summed E-state index contributed by atoms with van der Waals surface area (Å²) < 4.78 is 0. The molecule has 0 bridgehead atoms. The predicted octanol–water partition coefficient (Wildman–Crippen LogP) is 3.79. The number of hydrogen-bond donors (Lipinski definition) is 3. The number of phenolic OH excluding ortho intramolecular Hbond substituents is 1. The lowest BCUT2D eigenvalue weighted by Crippen LogP contribution is -2.32. The maximum Gasteiger partial charge on any atom is 0.345 e. The topological polar surface area (TPSA) is 95.1 Å². The highest BCUT2D eigenvalue weighted by Gasteiger charge is 2.18. The zero-order chi connectivity index (χ0) is 20.4. The Balaban J connectivity index is 1.59. The van der Waals surface area contributed by atoms with E-state index in [1.54, 1.807) is 43.3 Å². The van der Waals surface area contributed by atoms with E-state index in [9.17, 15) is 14.7 Å². The normalized spacial score (nSPS) is 14.1. The van der Waals surface area contributed by atoms with Crippen molar-refractivity contribution in [2.45, 2.75) is 38.6 Å². The molecule has 1 saturated carbocycles. The number of nitrogens with one attached hydrogen (secondary N) is 2. The molecule has 4 rings (SSSR count). The Morgan fingerprint density at radius 1 is 1.07 bits per heavy atom. The average Bonchev–Trinajstić information content (AvgIpc) is 3.22. The first kappa shape index (κ1) is 18.9. The van der Waals surface area contributed by atoms with Crippen LogP contribution in [0.1, 0.15) is 41.6 Å². The molecule has 0 unspecified atom stereocenters. The number of carbonyl (C=O) groups is 1. The minimum atomic E-state index is -0.453. The maximum atomic E-state index is 12.4. The highest BCUT2D eigenvalue weighted by atomic mass is 16.3. The lowest BCUT2D eigenvalue weighted by molar-refractivity contribution is 0.0938. The molecule has 0 spiro atoms. The van der Waals surface area contributed by atoms with Crippen LogP contribution in [0.4, 0.5) is 0 Å². The van der Waals surface area contributed by atoms with Gasteiger partial charge in [0, 0.05) is 17.2 Å². The summed E-state index contributed by atoms with van der Waals surface area (Å²) in [5.41, 5.74) is 3.55. The first-order chi connectivity index (χ1) is 14.0. The predicted molar refractivity (Wildman–Crippen MR) is 112 cm³/mol. The molecule has 2 aromatic carbocycles. The number of aromatic amines is 1. The fourth-order valence-electron chi connectivity index (χ4n) is 3.72. The highest BCUT2D eigenvalue weighted by Crippen LogP contribution is 2.26. The molecule has 148 valence electrons. The van der Waals surface area contributed by atoms with Crippen molar-refractivity contribution in [3.63, 3.8) is 0 Å². The standard InChI is InChI=1S/C23H23N3O3/c1-14-12-17(10-11-21(14)27)20-13-19(25-23(29)26-20)15-6-8-16(9-7-15)22(28)24-18-4-2-3-5-18/h6-13,18,27H,2-5H2,1H3,(H,24,28)(H,25,26,29). The average molecular weight is 389 g/mol. The lowest BCUT2D eigenvalue weighted by Gasteiger charge is -2.12. The molecule has 0 atom stereocenters. The van der Waals surface area contributed by atoms with Crippen molar-refractivity contribution in [3.05, 3.63) is 70.1 Å². The zero-order valence-corrected chi connectivity index (χ0v) is 16.2. The number of carbonyl (C=O) groups excluding carboxylic acids is 1. The molecular weight excluding hydrogens is 366 g/mol. The molecule has 1 aliphatic carbocycles. The Labute approximate surface area is 168 Å². The number of H-pyrrole nitrogens is 1. The van der Waals surface area contributed by atoms with Gasteiger partial charge in [0.25, 0.3) is 5.91 Å². The number of amides is 1. The summed E-state index contributed by atoms with van der Waals surface area (Å²) in [5.74, 6) is 0.136. The van der Waals surface area contributed by atoms with Crippen molar-refractivity contribution in [1.82, 2.24) is 15.3 Å². The SMILES string of the molecule is Cc1cc(-c2cc(-c3ccc(C(=O)NC4CCCC4)cc3)[nH]c(=O)n2)ccc1O. The molecule has 6 heteroatoms. The summed E-state index contributed by atoms with van der Waals surface area (Å²) >= 11 is 0.